The van der Waals surface area contributed by atoms with Crippen molar-refractivity contribution in [2.24, 2.45) is 7.05 Å². The van der Waals surface area contributed by atoms with Crippen molar-refractivity contribution in [1.82, 2.24) is 8.87 Å². The SMILES string of the molecule is CN(C)S(=O)(=O)Nc1ccc(=O)n(C)c1. The van der Waals surface area contributed by atoms with Gasteiger partial charge in [-0.25, -0.2) is 0 Å². The van der Waals surface area contributed by atoms with Crippen LogP contribution in [0.15, 0.2) is 23.1 Å². The topological polar surface area (TPSA) is 71.4 Å². The highest BCUT2D eigenvalue weighted by Gasteiger charge is 2.12. The number of anilines is 1. The molecule has 0 saturated carbocycles. The Balaban J connectivity index is 3.01. The van der Waals surface area contributed by atoms with E-state index in [2.05, 4.69) is 4.72 Å². The van der Waals surface area contributed by atoms with E-state index in [0.29, 0.717) is 5.69 Å². The lowest BCUT2D eigenvalue weighted by molar-refractivity contribution is 0.526. The van der Waals surface area contributed by atoms with E-state index in [1.54, 1.807) is 7.05 Å². The van der Waals surface area contributed by atoms with Crippen LogP contribution in [0, 0.1) is 0 Å². The third kappa shape index (κ3) is 2.80. The zero-order chi connectivity index (χ0) is 11.6. The second-order valence-corrected chi connectivity index (χ2v) is 5.14. The first-order valence-electron chi connectivity index (χ1n) is 4.20. The van der Waals surface area contributed by atoms with Crippen molar-refractivity contribution in [3.63, 3.8) is 0 Å². The lowest BCUT2D eigenvalue weighted by Gasteiger charge is -2.13. The number of aromatic nitrogens is 1. The lowest BCUT2D eigenvalue weighted by Crippen LogP contribution is -2.29. The minimum atomic E-state index is -3.51. The minimum absolute atomic E-state index is 0.192. The normalized spacial score (nSPS) is 11.7. The van der Waals surface area contributed by atoms with Crippen molar-refractivity contribution in [1.29, 1.82) is 0 Å². The summed E-state index contributed by atoms with van der Waals surface area (Å²) < 4.78 is 27.5. The molecule has 1 aromatic rings. The summed E-state index contributed by atoms with van der Waals surface area (Å²) in [5, 5.41) is 0. The second-order valence-electron chi connectivity index (χ2n) is 3.26. The highest BCUT2D eigenvalue weighted by atomic mass is 32.2. The fourth-order valence-corrected chi connectivity index (χ4v) is 1.50. The summed E-state index contributed by atoms with van der Waals surface area (Å²) >= 11 is 0. The monoisotopic (exact) mass is 231 g/mol. The van der Waals surface area contributed by atoms with Crippen LogP contribution in [0.25, 0.3) is 0 Å². The number of pyridine rings is 1. The van der Waals surface area contributed by atoms with Crippen LogP contribution in [0.5, 0.6) is 0 Å². The first-order chi connectivity index (χ1) is 6.83. The number of nitrogens with one attached hydrogen (secondary N) is 1. The van der Waals surface area contributed by atoms with Crippen LogP contribution in [0.3, 0.4) is 0 Å². The summed E-state index contributed by atoms with van der Waals surface area (Å²) in [6.45, 7) is 0. The van der Waals surface area contributed by atoms with E-state index in [-0.39, 0.29) is 5.56 Å². The Bertz CT molecular complexity index is 504. The molecule has 0 aliphatic rings. The molecule has 6 nitrogen and oxygen atoms in total. The van der Waals surface area contributed by atoms with Gasteiger partial charge in [-0.15, -0.1) is 0 Å². The maximum Gasteiger partial charge on any atom is 0.301 e. The van der Waals surface area contributed by atoms with Crippen LogP contribution in [0.1, 0.15) is 0 Å². The highest BCUT2D eigenvalue weighted by molar-refractivity contribution is 7.90. The van der Waals surface area contributed by atoms with Gasteiger partial charge in [0.2, 0.25) is 5.56 Å². The molecular formula is C8H13N3O3S. The maximum absolute atomic E-state index is 11.4. The van der Waals surface area contributed by atoms with Gasteiger partial charge in [0.1, 0.15) is 0 Å². The van der Waals surface area contributed by atoms with Gasteiger partial charge < -0.3 is 4.57 Å². The smallest absolute Gasteiger partial charge is 0.301 e. The first kappa shape index (κ1) is 11.7. The van der Waals surface area contributed by atoms with E-state index in [1.165, 1.54) is 37.0 Å². The third-order valence-electron chi connectivity index (χ3n) is 1.81. The Labute approximate surface area is 88.3 Å². The van der Waals surface area contributed by atoms with Crippen molar-refractivity contribution in [2.75, 3.05) is 18.8 Å². The molecule has 0 aromatic carbocycles. The Morgan fingerprint density at radius 1 is 1.33 bits per heavy atom. The maximum atomic E-state index is 11.4. The molecular weight excluding hydrogens is 218 g/mol. The van der Waals surface area contributed by atoms with Gasteiger partial charge in [-0.05, 0) is 6.07 Å². The summed E-state index contributed by atoms with van der Waals surface area (Å²) in [6, 6.07) is 2.72. The molecule has 0 fully saturated rings. The molecule has 0 amide bonds. The molecule has 0 aliphatic heterocycles. The van der Waals surface area contributed by atoms with Crippen molar-refractivity contribution in [3.8, 4) is 0 Å². The van der Waals surface area contributed by atoms with E-state index >= 15 is 0 Å². The molecule has 0 bridgehead atoms. The summed E-state index contributed by atoms with van der Waals surface area (Å²) in [6.07, 6.45) is 1.42. The molecule has 7 heteroatoms. The second kappa shape index (κ2) is 4.03. The molecule has 0 radical (unpaired) electrons. The average Bonchev–Trinajstić information content (AvgIpc) is 2.10. The Morgan fingerprint density at radius 3 is 2.40 bits per heavy atom. The zero-order valence-corrected chi connectivity index (χ0v) is 9.58. The lowest BCUT2D eigenvalue weighted by atomic mass is 10.4. The highest BCUT2D eigenvalue weighted by Crippen LogP contribution is 2.06. The first-order valence-corrected chi connectivity index (χ1v) is 5.64. The van der Waals surface area contributed by atoms with Gasteiger partial charge in [-0.2, -0.15) is 12.7 Å². The fraction of sp³-hybridized carbons (Fsp3) is 0.375. The van der Waals surface area contributed by atoms with Gasteiger partial charge >= 0.3 is 10.2 Å². The standard InChI is InChI=1S/C8H13N3O3S/c1-10(2)15(13,14)9-7-4-5-8(12)11(3)6-7/h4-6,9H,1-3H3. The Kier molecular flexibility index (Phi) is 3.15. The van der Waals surface area contributed by atoms with E-state index in [4.69, 9.17) is 0 Å². The van der Waals surface area contributed by atoms with Crippen molar-refractivity contribution >= 4 is 15.9 Å². The summed E-state index contributed by atoms with van der Waals surface area (Å²) in [7, 11) is 0.880. The number of hydrogen-bond acceptors (Lipinski definition) is 3. The summed E-state index contributed by atoms with van der Waals surface area (Å²) in [5.41, 5.74) is 0.161. The molecule has 0 aliphatic carbocycles. The quantitative estimate of drug-likeness (QED) is 0.769. The molecule has 0 atom stereocenters. The van der Waals surface area contributed by atoms with E-state index in [0.717, 1.165) is 4.31 Å². The molecule has 0 saturated heterocycles. The minimum Gasteiger partial charge on any atom is -0.316 e. The molecule has 15 heavy (non-hydrogen) atoms. The van der Waals surface area contributed by atoms with Gasteiger partial charge in [-0.1, -0.05) is 0 Å². The van der Waals surface area contributed by atoms with Gasteiger partial charge in [0.05, 0.1) is 5.69 Å². The van der Waals surface area contributed by atoms with Crippen LogP contribution < -0.4 is 10.3 Å². The van der Waals surface area contributed by atoms with E-state index in [9.17, 15) is 13.2 Å². The fourth-order valence-electron chi connectivity index (χ4n) is 0.895. The van der Waals surface area contributed by atoms with Gasteiger partial charge in [0.15, 0.2) is 0 Å². The molecule has 1 heterocycles. The molecule has 1 rings (SSSR count). The van der Waals surface area contributed by atoms with Crippen LogP contribution >= 0.6 is 0 Å². The van der Waals surface area contributed by atoms with Crippen LogP contribution in [0.2, 0.25) is 0 Å². The Morgan fingerprint density at radius 2 is 1.93 bits per heavy atom. The number of rotatable bonds is 3. The van der Waals surface area contributed by atoms with Gasteiger partial charge in [-0.3, -0.25) is 9.52 Å². The molecule has 0 spiro atoms. The largest absolute Gasteiger partial charge is 0.316 e. The number of nitrogens with zero attached hydrogens (tertiary/aromatic N) is 2. The van der Waals surface area contributed by atoms with Crippen LogP contribution in [-0.2, 0) is 17.3 Å². The third-order valence-corrected chi connectivity index (χ3v) is 3.27. The Hall–Kier alpha value is -1.34. The number of hydrogen-bond donors (Lipinski definition) is 1. The summed E-state index contributed by atoms with van der Waals surface area (Å²) in [4.78, 5) is 11.0. The van der Waals surface area contributed by atoms with Crippen LogP contribution in [-0.4, -0.2) is 31.4 Å². The summed E-state index contributed by atoms with van der Waals surface area (Å²) in [5.74, 6) is 0. The number of aryl methyl sites for hydroxylation is 1. The molecule has 84 valence electrons. The van der Waals surface area contributed by atoms with Crippen LogP contribution in [0.4, 0.5) is 5.69 Å². The predicted molar refractivity (Wildman–Crippen MR) is 57.9 cm³/mol. The van der Waals surface area contributed by atoms with E-state index < -0.39 is 10.2 Å². The van der Waals surface area contributed by atoms with Crippen molar-refractivity contribution in [3.05, 3.63) is 28.7 Å². The molecule has 0 unspecified atom stereocenters. The predicted octanol–water partition coefficient (Wildman–Crippen LogP) is -0.396. The average molecular weight is 231 g/mol. The van der Waals surface area contributed by atoms with Gasteiger partial charge in [0.25, 0.3) is 0 Å². The molecule has 1 aromatic heterocycles. The van der Waals surface area contributed by atoms with Gasteiger partial charge in [0, 0.05) is 33.4 Å². The molecule has 1 N–H and O–H groups in total. The zero-order valence-electron chi connectivity index (χ0n) is 8.76. The van der Waals surface area contributed by atoms with Crippen molar-refractivity contribution in [2.45, 2.75) is 0 Å². The van der Waals surface area contributed by atoms with Crippen molar-refractivity contribution < 1.29 is 8.42 Å². The van der Waals surface area contributed by atoms with E-state index in [1.807, 2.05) is 0 Å².